The van der Waals surface area contributed by atoms with Gasteiger partial charge in [-0.05, 0) is 36.8 Å². The number of aromatic nitrogens is 3. The van der Waals surface area contributed by atoms with Gasteiger partial charge < -0.3 is 10.1 Å². The third-order valence-electron chi connectivity index (χ3n) is 4.42. The molecule has 1 aromatic heterocycles. The quantitative estimate of drug-likeness (QED) is 0.602. The topological polar surface area (TPSA) is 106 Å². The monoisotopic (exact) mass is 417 g/mol. The van der Waals surface area contributed by atoms with Gasteiger partial charge in [0, 0.05) is 27.1 Å². The maximum absolute atomic E-state index is 12.2. The summed E-state index contributed by atoms with van der Waals surface area (Å²) in [5.41, 5.74) is 1.83. The summed E-state index contributed by atoms with van der Waals surface area (Å²) < 4.78 is 32.5. The second kappa shape index (κ2) is 8.58. The van der Waals surface area contributed by atoms with Gasteiger partial charge in [0.1, 0.15) is 11.3 Å². The first-order chi connectivity index (χ1) is 13.8. The molecule has 1 heterocycles. The molecule has 0 saturated heterocycles. The summed E-state index contributed by atoms with van der Waals surface area (Å²) >= 11 is 0. The molecule has 0 atom stereocenters. The van der Waals surface area contributed by atoms with Crippen LogP contribution in [0.15, 0.2) is 47.4 Å². The zero-order chi connectivity index (χ0) is 21.0. The third-order valence-corrected chi connectivity index (χ3v) is 6.23. The first-order valence-electron chi connectivity index (χ1n) is 9.01. The fourth-order valence-corrected chi connectivity index (χ4v) is 3.76. The average molecular weight is 417 g/mol. The third kappa shape index (κ3) is 4.54. The van der Waals surface area contributed by atoms with Crippen LogP contribution in [0.4, 0.5) is 5.69 Å². The lowest BCUT2D eigenvalue weighted by molar-refractivity contribution is -0.116. The predicted octanol–water partition coefficient (Wildman–Crippen LogP) is 2.11. The Kier molecular flexibility index (Phi) is 6.14. The van der Waals surface area contributed by atoms with E-state index in [4.69, 9.17) is 4.74 Å². The molecule has 0 aliphatic carbocycles. The fraction of sp³-hybridized carbons (Fsp3) is 0.316. The maximum atomic E-state index is 12.2. The lowest BCUT2D eigenvalue weighted by atomic mass is 10.2. The molecule has 0 saturated carbocycles. The molecule has 0 aliphatic heterocycles. The van der Waals surface area contributed by atoms with Gasteiger partial charge in [-0.3, -0.25) is 4.79 Å². The molecule has 0 aliphatic rings. The van der Waals surface area contributed by atoms with Crippen molar-refractivity contribution in [3.8, 4) is 5.75 Å². The van der Waals surface area contributed by atoms with E-state index in [1.165, 1.54) is 26.2 Å². The number of hydrogen-bond donors (Lipinski definition) is 1. The van der Waals surface area contributed by atoms with Crippen LogP contribution in [0.5, 0.6) is 5.75 Å². The van der Waals surface area contributed by atoms with E-state index in [1.54, 1.807) is 30.0 Å². The van der Waals surface area contributed by atoms with Gasteiger partial charge in [0.05, 0.1) is 23.2 Å². The van der Waals surface area contributed by atoms with Crippen molar-refractivity contribution in [1.82, 2.24) is 19.3 Å². The van der Waals surface area contributed by atoms with Crippen LogP contribution in [0.25, 0.3) is 11.0 Å². The number of aryl methyl sites for hydroxylation is 1. The number of fused-ring (bicyclic) bond motifs is 1. The number of amides is 1. The van der Waals surface area contributed by atoms with Gasteiger partial charge in [-0.15, -0.1) is 5.10 Å². The summed E-state index contributed by atoms with van der Waals surface area (Å²) in [7, 11) is 0.979. The number of sulfonamides is 1. The largest absolute Gasteiger partial charge is 0.495 e. The van der Waals surface area contributed by atoms with Gasteiger partial charge in [-0.25, -0.2) is 17.4 Å². The van der Waals surface area contributed by atoms with Gasteiger partial charge in [0.15, 0.2) is 0 Å². The summed E-state index contributed by atoms with van der Waals surface area (Å²) in [6, 6.07) is 11.9. The maximum Gasteiger partial charge on any atom is 0.242 e. The number of nitrogens with one attached hydrogen (secondary N) is 1. The number of benzene rings is 2. The van der Waals surface area contributed by atoms with Crippen LogP contribution in [0, 0.1) is 0 Å². The molecular formula is C19H23N5O4S. The number of rotatable bonds is 8. The molecule has 10 heteroatoms. The van der Waals surface area contributed by atoms with Crippen LogP contribution in [0.1, 0.15) is 12.8 Å². The van der Waals surface area contributed by atoms with E-state index in [9.17, 15) is 13.2 Å². The van der Waals surface area contributed by atoms with E-state index in [1.807, 2.05) is 12.1 Å². The molecule has 3 aromatic rings. The number of carbonyl (C=O) groups excluding carboxylic acids is 1. The Labute approximate surface area is 169 Å². The number of anilines is 1. The second-order valence-electron chi connectivity index (χ2n) is 6.60. The van der Waals surface area contributed by atoms with Crippen LogP contribution in [-0.4, -0.2) is 54.8 Å². The minimum Gasteiger partial charge on any atom is -0.495 e. The van der Waals surface area contributed by atoms with E-state index < -0.39 is 10.0 Å². The Morgan fingerprint density at radius 3 is 2.69 bits per heavy atom. The number of para-hydroxylation sites is 2. The molecule has 0 radical (unpaired) electrons. The molecule has 1 N–H and O–H groups in total. The molecule has 2 aromatic carbocycles. The summed E-state index contributed by atoms with van der Waals surface area (Å²) in [6.07, 6.45) is 0.851. The Bertz CT molecular complexity index is 1120. The number of methoxy groups -OCH3 is 1. The molecule has 0 spiro atoms. The summed E-state index contributed by atoms with van der Waals surface area (Å²) in [5.74, 6) is 0.477. The van der Waals surface area contributed by atoms with Gasteiger partial charge in [-0.2, -0.15) is 0 Å². The Morgan fingerprint density at radius 1 is 1.21 bits per heavy atom. The Hall–Kier alpha value is -2.98. The SMILES string of the molecule is COc1ccccc1NC(=O)CCCn1nnc2cc(S(=O)(=O)N(C)C)ccc21. The highest BCUT2D eigenvalue weighted by Gasteiger charge is 2.18. The van der Waals surface area contributed by atoms with Crippen molar-refractivity contribution >= 4 is 32.7 Å². The van der Waals surface area contributed by atoms with E-state index in [0.29, 0.717) is 41.9 Å². The molecule has 1 amide bonds. The minimum atomic E-state index is -3.53. The van der Waals surface area contributed by atoms with Crippen molar-refractivity contribution in [2.24, 2.45) is 0 Å². The van der Waals surface area contributed by atoms with E-state index in [-0.39, 0.29) is 10.8 Å². The van der Waals surface area contributed by atoms with Gasteiger partial charge in [-0.1, -0.05) is 17.3 Å². The van der Waals surface area contributed by atoms with Crippen LogP contribution < -0.4 is 10.1 Å². The van der Waals surface area contributed by atoms with Crippen molar-refractivity contribution in [3.05, 3.63) is 42.5 Å². The normalized spacial score (nSPS) is 11.7. The predicted molar refractivity (Wildman–Crippen MR) is 109 cm³/mol. The van der Waals surface area contributed by atoms with E-state index in [2.05, 4.69) is 15.6 Å². The van der Waals surface area contributed by atoms with Crippen molar-refractivity contribution in [1.29, 1.82) is 0 Å². The highest BCUT2D eigenvalue weighted by atomic mass is 32.2. The molecule has 9 nitrogen and oxygen atoms in total. The van der Waals surface area contributed by atoms with Gasteiger partial charge in [0.2, 0.25) is 15.9 Å². The fourth-order valence-electron chi connectivity index (χ4n) is 2.84. The van der Waals surface area contributed by atoms with Crippen LogP contribution in [-0.2, 0) is 21.4 Å². The number of carbonyl (C=O) groups is 1. The number of nitrogens with zero attached hydrogens (tertiary/aromatic N) is 4. The molecule has 29 heavy (non-hydrogen) atoms. The standard InChI is InChI=1S/C19H23N5O4S/c1-23(2)29(26,27)14-10-11-17-16(13-14)21-22-24(17)12-6-9-19(25)20-15-7-4-5-8-18(15)28-3/h4-5,7-8,10-11,13H,6,9,12H2,1-3H3,(H,20,25). The van der Waals surface area contributed by atoms with E-state index >= 15 is 0 Å². The van der Waals surface area contributed by atoms with Crippen LogP contribution in [0.3, 0.4) is 0 Å². The smallest absolute Gasteiger partial charge is 0.242 e. The zero-order valence-electron chi connectivity index (χ0n) is 16.5. The van der Waals surface area contributed by atoms with Crippen LogP contribution in [0.2, 0.25) is 0 Å². The van der Waals surface area contributed by atoms with E-state index in [0.717, 1.165) is 4.31 Å². The first-order valence-corrected chi connectivity index (χ1v) is 10.5. The summed E-state index contributed by atoms with van der Waals surface area (Å²) in [4.78, 5) is 12.4. The lowest BCUT2D eigenvalue weighted by Crippen LogP contribution is -2.22. The molecule has 3 rings (SSSR count). The first kappa shape index (κ1) is 20.7. The summed E-state index contributed by atoms with van der Waals surface area (Å²) in [6.45, 7) is 0.482. The lowest BCUT2D eigenvalue weighted by Gasteiger charge is -2.11. The molecule has 0 unspecified atom stereocenters. The highest BCUT2D eigenvalue weighted by molar-refractivity contribution is 7.89. The van der Waals surface area contributed by atoms with Gasteiger partial charge in [0.25, 0.3) is 0 Å². The van der Waals surface area contributed by atoms with Crippen molar-refractivity contribution in [2.45, 2.75) is 24.3 Å². The van der Waals surface area contributed by atoms with Gasteiger partial charge >= 0.3 is 0 Å². The molecule has 0 fully saturated rings. The number of hydrogen-bond acceptors (Lipinski definition) is 6. The molecular weight excluding hydrogens is 394 g/mol. The average Bonchev–Trinajstić information content (AvgIpc) is 3.10. The zero-order valence-corrected chi connectivity index (χ0v) is 17.3. The van der Waals surface area contributed by atoms with Crippen molar-refractivity contribution < 1.29 is 17.9 Å². The van der Waals surface area contributed by atoms with Crippen LogP contribution >= 0.6 is 0 Å². The highest BCUT2D eigenvalue weighted by Crippen LogP contribution is 2.23. The minimum absolute atomic E-state index is 0.127. The molecule has 154 valence electrons. The molecule has 0 bridgehead atoms. The Balaban J connectivity index is 1.63. The summed E-state index contributed by atoms with van der Waals surface area (Å²) in [5, 5.41) is 11.0. The van der Waals surface area contributed by atoms with Crippen molar-refractivity contribution in [3.63, 3.8) is 0 Å². The Morgan fingerprint density at radius 2 is 1.97 bits per heavy atom. The second-order valence-corrected chi connectivity index (χ2v) is 8.75. The van der Waals surface area contributed by atoms with Crippen molar-refractivity contribution in [2.75, 3.05) is 26.5 Å². The number of ether oxygens (including phenoxy) is 1.